The zero-order valence-corrected chi connectivity index (χ0v) is 11.7. The Morgan fingerprint density at radius 2 is 2.26 bits per heavy atom. The molecule has 0 fully saturated rings. The van der Waals surface area contributed by atoms with E-state index in [-0.39, 0.29) is 11.7 Å². The lowest BCUT2D eigenvalue weighted by molar-refractivity contribution is 0.0950. The number of thiazole rings is 1. The van der Waals surface area contributed by atoms with Gasteiger partial charge in [-0.15, -0.1) is 11.3 Å². The minimum Gasteiger partial charge on any atom is -0.508 e. The van der Waals surface area contributed by atoms with Gasteiger partial charge in [-0.2, -0.15) is 0 Å². The van der Waals surface area contributed by atoms with Crippen LogP contribution < -0.4 is 5.32 Å². The van der Waals surface area contributed by atoms with Crippen molar-refractivity contribution < 1.29 is 9.90 Å². The minimum absolute atomic E-state index is 0.0870. The molecule has 0 bridgehead atoms. The van der Waals surface area contributed by atoms with Crippen molar-refractivity contribution in [1.82, 2.24) is 10.3 Å². The Balaban J connectivity index is 1.96. The normalized spacial score (nSPS) is 10.7. The van der Waals surface area contributed by atoms with E-state index in [9.17, 15) is 9.90 Å². The summed E-state index contributed by atoms with van der Waals surface area (Å²) in [6, 6.07) is 6.28. The number of amides is 1. The Morgan fingerprint density at radius 1 is 1.47 bits per heavy atom. The molecular formula is C14H16N2O2S. The molecule has 0 spiro atoms. The van der Waals surface area contributed by atoms with E-state index in [1.54, 1.807) is 23.5 Å². The number of carbonyl (C=O) groups is 1. The van der Waals surface area contributed by atoms with Gasteiger partial charge in [0.1, 0.15) is 10.8 Å². The van der Waals surface area contributed by atoms with Gasteiger partial charge in [0.15, 0.2) is 0 Å². The largest absolute Gasteiger partial charge is 0.508 e. The van der Waals surface area contributed by atoms with Gasteiger partial charge in [0.05, 0.1) is 12.2 Å². The van der Waals surface area contributed by atoms with Crippen LogP contribution in [-0.4, -0.2) is 16.0 Å². The summed E-state index contributed by atoms with van der Waals surface area (Å²) in [6.45, 7) is 4.58. The van der Waals surface area contributed by atoms with E-state index < -0.39 is 0 Å². The maximum atomic E-state index is 11.9. The molecule has 1 aromatic heterocycles. The molecule has 0 aliphatic heterocycles. The van der Waals surface area contributed by atoms with Crippen molar-refractivity contribution in [2.45, 2.75) is 26.3 Å². The van der Waals surface area contributed by atoms with E-state index in [0.29, 0.717) is 18.0 Å². The molecule has 1 amide bonds. The molecule has 0 atom stereocenters. The predicted octanol–water partition coefficient (Wildman–Crippen LogP) is 2.90. The number of nitrogens with zero attached hydrogens (tertiary/aromatic N) is 1. The van der Waals surface area contributed by atoms with E-state index in [1.165, 1.54) is 12.1 Å². The van der Waals surface area contributed by atoms with Gasteiger partial charge in [-0.1, -0.05) is 19.9 Å². The second-order valence-electron chi connectivity index (χ2n) is 4.55. The lowest BCUT2D eigenvalue weighted by Crippen LogP contribution is -2.22. The standard InChI is InChI=1S/C14H16N2O2S/c1-9(2)12-8-19-13(16-12)7-15-14(18)10-4-3-5-11(17)6-10/h3-6,8-9,17H,7H2,1-2H3,(H,15,18). The summed E-state index contributed by atoms with van der Waals surface area (Å²) < 4.78 is 0. The molecule has 100 valence electrons. The summed E-state index contributed by atoms with van der Waals surface area (Å²) >= 11 is 1.54. The zero-order chi connectivity index (χ0) is 13.8. The molecule has 2 rings (SSSR count). The van der Waals surface area contributed by atoms with E-state index >= 15 is 0 Å². The molecule has 0 aliphatic carbocycles. The fourth-order valence-electron chi connectivity index (χ4n) is 1.58. The summed E-state index contributed by atoms with van der Waals surface area (Å²) in [5.74, 6) is 0.271. The van der Waals surface area contributed by atoms with Crippen molar-refractivity contribution in [1.29, 1.82) is 0 Å². The molecule has 0 aliphatic rings. The fourth-order valence-corrected chi connectivity index (χ4v) is 2.47. The lowest BCUT2D eigenvalue weighted by Gasteiger charge is -2.03. The van der Waals surface area contributed by atoms with Gasteiger partial charge < -0.3 is 10.4 Å². The van der Waals surface area contributed by atoms with Crippen molar-refractivity contribution in [3.63, 3.8) is 0 Å². The molecule has 19 heavy (non-hydrogen) atoms. The Morgan fingerprint density at radius 3 is 2.89 bits per heavy atom. The number of hydrogen-bond donors (Lipinski definition) is 2. The summed E-state index contributed by atoms with van der Waals surface area (Å²) in [7, 11) is 0. The molecule has 0 unspecified atom stereocenters. The van der Waals surface area contributed by atoms with Crippen molar-refractivity contribution in [3.8, 4) is 5.75 Å². The highest BCUT2D eigenvalue weighted by atomic mass is 32.1. The molecule has 0 radical (unpaired) electrons. The average Bonchev–Trinajstić information content (AvgIpc) is 2.85. The number of hydrogen-bond acceptors (Lipinski definition) is 4. The van der Waals surface area contributed by atoms with Gasteiger partial charge in [0, 0.05) is 10.9 Å². The van der Waals surface area contributed by atoms with Crippen LogP contribution in [0.1, 0.15) is 40.8 Å². The summed E-state index contributed by atoms with van der Waals surface area (Å²) in [5, 5.41) is 15.0. The van der Waals surface area contributed by atoms with Gasteiger partial charge in [-0.3, -0.25) is 4.79 Å². The van der Waals surface area contributed by atoms with E-state index in [0.717, 1.165) is 10.7 Å². The number of benzene rings is 1. The number of rotatable bonds is 4. The Labute approximate surface area is 116 Å². The first-order chi connectivity index (χ1) is 9.06. The smallest absolute Gasteiger partial charge is 0.251 e. The van der Waals surface area contributed by atoms with Gasteiger partial charge in [0.25, 0.3) is 5.91 Å². The van der Waals surface area contributed by atoms with Crippen LogP contribution >= 0.6 is 11.3 Å². The first kappa shape index (κ1) is 13.5. The third-order valence-electron chi connectivity index (χ3n) is 2.67. The van der Waals surface area contributed by atoms with Crippen LogP contribution in [0.3, 0.4) is 0 Å². The first-order valence-corrected chi connectivity index (χ1v) is 6.95. The summed E-state index contributed by atoms with van der Waals surface area (Å²) in [6.07, 6.45) is 0. The highest BCUT2D eigenvalue weighted by molar-refractivity contribution is 7.09. The SMILES string of the molecule is CC(C)c1csc(CNC(=O)c2cccc(O)c2)n1. The second-order valence-corrected chi connectivity index (χ2v) is 5.50. The molecule has 5 heteroatoms. The molecule has 2 aromatic rings. The van der Waals surface area contributed by atoms with Crippen molar-refractivity contribution in [2.75, 3.05) is 0 Å². The third-order valence-corrected chi connectivity index (χ3v) is 3.54. The topological polar surface area (TPSA) is 62.2 Å². The molecule has 1 aromatic carbocycles. The number of phenolic OH excluding ortho intramolecular Hbond substituents is 1. The number of nitrogens with one attached hydrogen (secondary N) is 1. The monoisotopic (exact) mass is 276 g/mol. The van der Waals surface area contributed by atoms with Gasteiger partial charge in [-0.25, -0.2) is 4.98 Å². The number of aromatic hydroxyl groups is 1. The molecule has 2 N–H and O–H groups in total. The van der Waals surface area contributed by atoms with Crippen LogP contribution in [0, 0.1) is 0 Å². The fraction of sp³-hybridized carbons (Fsp3) is 0.286. The van der Waals surface area contributed by atoms with Crippen LogP contribution in [0.25, 0.3) is 0 Å². The maximum Gasteiger partial charge on any atom is 0.251 e. The minimum atomic E-state index is -0.211. The van der Waals surface area contributed by atoms with Crippen LogP contribution in [0.4, 0.5) is 0 Å². The van der Waals surface area contributed by atoms with Crippen molar-refractivity contribution in [2.24, 2.45) is 0 Å². The molecule has 4 nitrogen and oxygen atoms in total. The molecular weight excluding hydrogens is 260 g/mol. The lowest BCUT2D eigenvalue weighted by atomic mass is 10.2. The molecule has 0 saturated heterocycles. The van der Waals surface area contributed by atoms with Crippen LogP contribution in [-0.2, 0) is 6.54 Å². The summed E-state index contributed by atoms with van der Waals surface area (Å²) in [4.78, 5) is 16.3. The van der Waals surface area contributed by atoms with Crippen LogP contribution in [0.15, 0.2) is 29.6 Å². The number of phenols is 1. The van der Waals surface area contributed by atoms with Crippen molar-refractivity contribution >= 4 is 17.2 Å². The van der Waals surface area contributed by atoms with E-state index in [1.807, 2.05) is 5.38 Å². The van der Waals surface area contributed by atoms with Gasteiger partial charge in [-0.05, 0) is 24.1 Å². The van der Waals surface area contributed by atoms with Crippen molar-refractivity contribution in [3.05, 3.63) is 45.9 Å². The average molecular weight is 276 g/mol. The predicted molar refractivity (Wildman–Crippen MR) is 75.5 cm³/mol. The van der Waals surface area contributed by atoms with Crippen LogP contribution in [0.5, 0.6) is 5.75 Å². The Hall–Kier alpha value is -1.88. The molecule has 1 heterocycles. The zero-order valence-electron chi connectivity index (χ0n) is 10.9. The van der Waals surface area contributed by atoms with Gasteiger partial charge in [0.2, 0.25) is 0 Å². The molecule has 0 saturated carbocycles. The number of carbonyl (C=O) groups excluding carboxylic acids is 1. The van der Waals surface area contributed by atoms with E-state index in [2.05, 4.69) is 24.1 Å². The Bertz CT molecular complexity index is 578. The highest BCUT2D eigenvalue weighted by Crippen LogP contribution is 2.17. The Kier molecular flexibility index (Phi) is 4.16. The van der Waals surface area contributed by atoms with E-state index in [4.69, 9.17) is 0 Å². The summed E-state index contributed by atoms with van der Waals surface area (Å²) in [5.41, 5.74) is 1.49. The van der Waals surface area contributed by atoms with Gasteiger partial charge >= 0.3 is 0 Å². The third kappa shape index (κ3) is 3.54. The number of aromatic nitrogens is 1. The quantitative estimate of drug-likeness (QED) is 0.902. The second kappa shape index (κ2) is 5.84. The van der Waals surface area contributed by atoms with Crippen LogP contribution in [0.2, 0.25) is 0 Å². The first-order valence-electron chi connectivity index (χ1n) is 6.08. The maximum absolute atomic E-state index is 11.9. The highest BCUT2D eigenvalue weighted by Gasteiger charge is 2.09.